The average Bonchev–Trinajstić information content (AvgIpc) is 3.91. The molecule has 1 unspecified atom stereocenters. The van der Waals surface area contributed by atoms with Crippen molar-refractivity contribution in [3.8, 4) is 51.7 Å². The number of rotatable bonds is 10. The smallest absolute Gasteiger partial charge is 0.355 e. The molecule has 6 aromatic rings. The van der Waals surface area contributed by atoms with E-state index in [9.17, 15) is 39.6 Å². The second-order valence-corrected chi connectivity index (χ2v) is 18.6. The minimum absolute atomic E-state index is 0.0253. The monoisotopic (exact) mass is 938 g/mol. The molecule has 3 aromatic carbocycles. The van der Waals surface area contributed by atoms with Crippen LogP contribution in [0.5, 0.6) is 23.3 Å². The third-order valence-electron chi connectivity index (χ3n) is 14.4. The van der Waals surface area contributed by atoms with E-state index in [-0.39, 0.29) is 78.1 Å². The van der Waals surface area contributed by atoms with Crippen LogP contribution < -0.4 is 10.5 Å². The van der Waals surface area contributed by atoms with E-state index in [0.717, 1.165) is 22.2 Å². The lowest BCUT2D eigenvalue weighted by atomic mass is 9.85. The van der Waals surface area contributed by atoms with Crippen molar-refractivity contribution in [2.45, 2.75) is 78.0 Å². The number of benzene rings is 3. The van der Waals surface area contributed by atoms with E-state index in [2.05, 4.69) is 20.0 Å². The molecule has 1 atom stereocenters. The van der Waals surface area contributed by atoms with Crippen LogP contribution in [-0.4, -0.2) is 118 Å². The van der Waals surface area contributed by atoms with Gasteiger partial charge in [-0.25, -0.2) is 14.3 Å². The highest BCUT2D eigenvalue weighted by atomic mass is 16.6. The summed E-state index contributed by atoms with van der Waals surface area (Å²) < 4.78 is 14.9. The first-order chi connectivity index (χ1) is 33.2. The van der Waals surface area contributed by atoms with Crippen molar-refractivity contribution in [2.24, 2.45) is 5.92 Å². The topological polar surface area (TPSA) is 226 Å². The first kappa shape index (κ1) is 45.3. The first-order valence-corrected chi connectivity index (χ1v) is 23.6. The zero-order valence-electron chi connectivity index (χ0n) is 38.9. The summed E-state index contributed by atoms with van der Waals surface area (Å²) in [6, 6.07) is 16.9. The Kier molecular flexibility index (Phi) is 11.5. The van der Waals surface area contributed by atoms with Crippen LogP contribution in [0.15, 0.2) is 65.5 Å². The van der Waals surface area contributed by atoms with E-state index in [4.69, 9.17) is 14.5 Å². The number of piperidine rings is 1. The van der Waals surface area contributed by atoms with Gasteiger partial charge in [0.05, 0.1) is 52.7 Å². The molecule has 358 valence electrons. The molecule has 7 heterocycles. The fourth-order valence-electron chi connectivity index (χ4n) is 10.5. The number of phenols is 3. The molecule has 2 fully saturated rings. The highest BCUT2D eigenvalue weighted by molar-refractivity contribution is 5.91. The predicted molar refractivity (Wildman–Crippen MR) is 253 cm³/mol. The number of aryl methyl sites for hydroxylation is 1. The van der Waals surface area contributed by atoms with Crippen LogP contribution in [0.2, 0.25) is 0 Å². The number of piperazine rings is 1. The third kappa shape index (κ3) is 7.75. The highest BCUT2D eigenvalue weighted by Crippen LogP contribution is 2.44. The SMILES string of the molecule is CCc1c2c(nc3ccc(O)cc13)-c1cc3c(c(=O)n1C2)COC(=O)C3(CC)OC(=O)C1CCN(C(=O)CN2CCN(c3ccc(-n4c(O)nnc4-c4cc(C(C)C)c(O)cc4O)cc3)CC2)CC1. The van der Waals surface area contributed by atoms with Crippen molar-refractivity contribution >= 4 is 34.4 Å². The molecule has 18 heteroatoms. The van der Waals surface area contributed by atoms with Crippen LogP contribution >= 0.6 is 0 Å². The molecule has 18 nitrogen and oxygen atoms in total. The Morgan fingerprint density at radius 1 is 0.855 bits per heavy atom. The average molecular weight is 939 g/mol. The molecule has 4 aliphatic rings. The Bertz CT molecular complexity index is 3110. The molecule has 0 saturated carbocycles. The number of hydrogen-bond donors (Lipinski definition) is 4. The molecular weight excluding hydrogens is 885 g/mol. The van der Waals surface area contributed by atoms with Gasteiger partial charge in [-0.2, -0.15) is 0 Å². The van der Waals surface area contributed by atoms with Gasteiger partial charge in [-0.1, -0.05) is 32.8 Å². The number of aromatic nitrogens is 5. The molecule has 69 heavy (non-hydrogen) atoms. The number of carbonyl (C=O) groups excluding carboxylic acids is 3. The number of pyridine rings is 2. The summed E-state index contributed by atoms with van der Waals surface area (Å²) in [5.41, 5.74) is 4.52. The van der Waals surface area contributed by atoms with Gasteiger partial charge in [0.2, 0.25) is 11.5 Å². The lowest BCUT2D eigenvalue weighted by Gasteiger charge is -2.39. The van der Waals surface area contributed by atoms with Crippen molar-refractivity contribution in [3.05, 3.63) is 98.8 Å². The van der Waals surface area contributed by atoms with Crippen LogP contribution in [0.1, 0.15) is 80.7 Å². The van der Waals surface area contributed by atoms with Crippen molar-refractivity contribution < 1.29 is 44.3 Å². The summed E-state index contributed by atoms with van der Waals surface area (Å²) in [6.45, 7) is 11.2. The quantitative estimate of drug-likeness (QED) is 0.125. The summed E-state index contributed by atoms with van der Waals surface area (Å²) in [5, 5.41) is 50.8. The minimum atomic E-state index is -1.84. The van der Waals surface area contributed by atoms with Crippen molar-refractivity contribution in [3.63, 3.8) is 0 Å². The van der Waals surface area contributed by atoms with Gasteiger partial charge in [-0.15, -0.1) is 5.10 Å². The number of hydrogen-bond acceptors (Lipinski definition) is 15. The number of aromatic hydroxyl groups is 4. The fourth-order valence-corrected chi connectivity index (χ4v) is 10.5. The standard InChI is InChI=1S/C51H54N8O10/c1-5-33-35-21-32(60)11-12-40(35)52-45-37(33)25-58-41(45)23-39-38(47(58)64)27-68-49(66)51(39,6-2)69-48(65)29-13-15-57(16-14-29)44(63)26-55-17-19-56(20-18-55)30-7-9-31(10-8-30)59-46(53-54-50(59)67)36-22-34(28(3)4)42(61)24-43(36)62/h7-12,21-24,28-29,60-62H,5-6,13-20,25-27H2,1-4H3,(H,54,67). The lowest BCUT2D eigenvalue weighted by Crippen LogP contribution is -2.52. The summed E-state index contributed by atoms with van der Waals surface area (Å²) in [4.78, 5) is 66.6. The second-order valence-electron chi connectivity index (χ2n) is 18.6. The molecular formula is C51H54N8O10. The van der Waals surface area contributed by atoms with Crippen LogP contribution in [0.4, 0.5) is 5.69 Å². The number of likely N-dealkylation sites (tertiary alicyclic amines) is 1. The number of esters is 2. The number of fused-ring (bicyclic) bond motifs is 5. The van der Waals surface area contributed by atoms with E-state index in [1.54, 1.807) is 46.7 Å². The van der Waals surface area contributed by atoms with Crippen LogP contribution in [0.25, 0.3) is 39.4 Å². The van der Waals surface area contributed by atoms with Gasteiger partial charge in [-0.3, -0.25) is 19.3 Å². The van der Waals surface area contributed by atoms with E-state index in [0.29, 0.717) is 97.8 Å². The third-order valence-corrected chi connectivity index (χ3v) is 14.4. The number of cyclic esters (lactones) is 1. The van der Waals surface area contributed by atoms with Gasteiger partial charge in [0, 0.05) is 67.5 Å². The maximum Gasteiger partial charge on any atom is 0.355 e. The molecule has 4 aliphatic heterocycles. The van der Waals surface area contributed by atoms with Crippen molar-refractivity contribution in [1.82, 2.24) is 34.1 Å². The molecule has 3 aromatic heterocycles. The summed E-state index contributed by atoms with van der Waals surface area (Å²) in [7, 11) is 0. The molecule has 1 amide bonds. The Morgan fingerprint density at radius 3 is 2.28 bits per heavy atom. The molecule has 0 radical (unpaired) electrons. The van der Waals surface area contributed by atoms with E-state index >= 15 is 0 Å². The number of phenolic OH excluding ortho intramolecular Hbond substituents is 3. The molecule has 10 rings (SSSR count). The van der Waals surface area contributed by atoms with E-state index < -0.39 is 23.5 Å². The first-order valence-electron chi connectivity index (χ1n) is 23.6. The Morgan fingerprint density at radius 2 is 1.58 bits per heavy atom. The van der Waals surface area contributed by atoms with Gasteiger partial charge < -0.3 is 44.3 Å². The maximum atomic E-state index is 14.2. The number of carbonyl (C=O) groups is 3. The maximum absolute atomic E-state index is 14.2. The normalized spacial score (nSPS) is 18.3. The van der Waals surface area contributed by atoms with Gasteiger partial charge in [-0.05, 0) is 97.3 Å². The van der Waals surface area contributed by atoms with Crippen LogP contribution in [0.3, 0.4) is 0 Å². The second kappa shape index (κ2) is 17.6. The lowest BCUT2D eigenvalue weighted by molar-refractivity contribution is -0.192. The highest BCUT2D eigenvalue weighted by Gasteiger charge is 2.51. The van der Waals surface area contributed by atoms with Crippen molar-refractivity contribution in [2.75, 3.05) is 50.7 Å². The Hall–Kier alpha value is -7.47. The largest absolute Gasteiger partial charge is 0.508 e. The molecule has 4 N–H and O–H groups in total. The van der Waals surface area contributed by atoms with Crippen LogP contribution in [0, 0.1) is 5.92 Å². The molecule has 0 spiro atoms. The molecule has 0 aliphatic carbocycles. The fraction of sp³-hybridized carbons (Fsp3) is 0.392. The number of nitrogens with zero attached hydrogens (tertiary/aromatic N) is 8. The zero-order valence-corrected chi connectivity index (χ0v) is 38.9. The zero-order chi connectivity index (χ0) is 48.5. The molecule has 0 bridgehead atoms. The van der Waals surface area contributed by atoms with Crippen LogP contribution in [-0.2, 0) is 49.0 Å². The summed E-state index contributed by atoms with van der Waals surface area (Å²) >= 11 is 0. The number of ether oxygens (including phenoxy) is 2. The van der Waals surface area contributed by atoms with Gasteiger partial charge in [0.25, 0.3) is 5.56 Å². The minimum Gasteiger partial charge on any atom is -0.508 e. The number of amides is 1. The Labute approximate surface area is 397 Å². The van der Waals surface area contributed by atoms with E-state index in [1.807, 2.05) is 45.0 Å². The Balaban J connectivity index is 0.763. The van der Waals surface area contributed by atoms with Crippen molar-refractivity contribution in [1.29, 1.82) is 0 Å². The molecule has 2 saturated heterocycles. The van der Waals surface area contributed by atoms with Gasteiger partial charge >= 0.3 is 17.9 Å². The van der Waals surface area contributed by atoms with Gasteiger partial charge in [0.1, 0.15) is 23.9 Å². The van der Waals surface area contributed by atoms with Gasteiger partial charge in [0.15, 0.2) is 5.82 Å². The summed E-state index contributed by atoms with van der Waals surface area (Å²) in [5.74, 6) is -1.81. The predicted octanol–water partition coefficient (Wildman–Crippen LogP) is 5.45. The number of anilines is 1. The van der Waals surface area contributed by atoms with E-state index in [1.165, 1.54) is 10.6 Å². The summed E-state index contributed by atoms with van der Waals surface area (Å²) in [6.07, 6.45) is 1.40.